The largest absolute Gasteiger partial charge is 0.484 e. The van der Waals surface area contributed by atoms with Gasteiger partial charge >= 0.3 is 6.09 Å². The maximum Gasteiger partial charge on any atom is 0.412 e. The minimum Gasteiger partial charge on any atom is -0.484 e. The van der Waals surface area contributed by atoms with E-state index in [2.05, 4.69) is 30.5 Å². The number of nitrogens with zero attached hydrogens (tertiary/aromatic N) is 5. The van der Waals surface area contributed by atoms with Crippen LogP contribution < -0.4 is 14.8 Å². The molecule has 38 heavy (non-hydrogen) atoms. The first kappa shape index (κ1) is 25.2. The van der Waals surface area contributed by atoms with Gasteiger partial charge in [0.05, 0.1) is 40.3 Å². The van der Waals surface area contributed by atoms with Crippen molar-refractivity contribution in [2.75, 3.05) is 19.0 Å². The number of aryl methyl sites for hydroxylation is 2. The average molecular weight is 535 g/mol. The topological polar surface area (TPSA) is 121 Å². The lowest BCUT2D eigenvalue weighted by atomic mass is 10.1. The summed E-state index contributed by atoms with van der Waals surface area (Å²) < 4.78 is 31.7. The van der Waals surface area contributed by atoms with Crippen molar-refractivity contribution >= 4 is 44.5 Å². The molecule has 3 aromatic heterocycles. The van der Waals surface area contributed by atoms with E-state index in [1.165, 1.54) is 24.5 Å². The number of aromatic nitrogens is 5. The molecule has 12 heteroatoms. The van der Waals surface area contributed by atoms with Gasteiger partial charge in [0.15, 0.2) is 17.4 Å². The van der Waals surface area contributed by atoms with Crippen LogP contribution in [0.2, 0.25) is 0 Å². The highest BCUT2D eigenvalue weighted by Gasteiger charge is 2.17. The average Bonchev–Trinajstić information content (AvgIpc) is 3.30. The van der Waals surface area contributed by atoms with E-state index in [0.717, 1.165) is 21.5 Å². The predicted molar refractivity (Wildman–Crippen MR) is 141 cm³/mol. The van der Waals surface area contributed by atoms with Gasteiger partial charge in [-0.3, -0.25) is 5.32 Å². The summed E-state index contributed by atoms with van der Waals surface area (Å²) >= 11 is 1.39. The first-order chi connectivity index (χ1) is 18.3. The lowest BCUT2D eigenvalue weighted by Crippen LogP contribution is -2.24. The molecule has 0 saturated heterocycles. The maximum atomic E-state index is 14.9. The van der Waals surface area contributed by atoms with Gasteiger partial charge in [0, 0.05) is 17.7 Å². The van der Waals surface area contributed by atoms with Crippen LogP contribution in [0.3, 0.4) is 0 Å². The maximum absolute atomic E-state index is 14.9. The fourth-order valence-electron chi connectivity index (χ4n) is 3.69. The minimum atomic E-state index is -0.715. The summed E-state index contributed by atoms with van der Waals surface area (Å²) in [4.78, 5) is 25.7. The molecule has 5 aromatic rings. The van der Waals surface area contributed by atoms with E-state index < -0.39 is 18.0 Å². The monoisotopic (exact) mass is 534 g/mol. The highest BCUT2D eigenvalue weighted by atomic mass is 32.1. The summed E-state index contributed by atoms with van der Waals surface area (Å²) in [6, 6.07) is 10.1. The zero-order chi connectivity index (χ0) is 26.8. The van der Waals surface area contributed by atoms with E-state index in [9.17, 15) is 9.18 Å². The van der Waals surface area contributed by atoms with Crippen molar-refractivity contribution in [3.05, 3.63) is 59.7 Å². The van der Waals surface area contributed by atoms with E-state index in [1.54, 1.807) is 38.2 Å². The van der Waals surface area contributed by atoms with Gasteiger partial charge in [-0.1, -0.05) is 0 Å². The number of hydrogen-bond acceptors (Lipinski definition) is 10. The van der Waals surface area contributed by atoms with Crippen molar-refractivity contribution in [3.8, 4) is 22.2 Å². The summed E-state index contributed by atoms with van der Waals surface area (Å²) in [7, 11) is 1.54. The highest BCUT2D eigenvalue weighted by molar-refractivity contribution is 7.21. The smallest absolute Gasteiger partial charge is 0.412 e. The second-order valence-electron chi connectivity index (χ2n) is 8.57. The van der Waals surface area contributed by atoms with Crippen molar-refractivity contribution in [1.29, 1.82) is 0 Å². The second kappa shape index (κ2) is 10.5. The van der Waals surface area contributed by atoms with E-state index in [4.69, 9.17) is 14.2 Å². The summed E-state index contributed by atoms with van der Waals surface area (Å²) in [5.74, 6) is 0.145. The summed E-state index contributed by atoms with van der Waals surface area (Å²) in [5.41, 5.74) is 4.35. The fraction of sp³-hybridized carbons (Fsp3) is 0.231. The Labute approximate surface area is 220 Å². The number of rotatable bonds is 7. The molecule has 0 radical (unpaired) electrons. The van der Waals surface area contributed by atoms with Crippen LogP contribution in [0.1, 0.15) is 18.2 Å². The Hall–Kier alpha value is -4.45. The molecule has 1 amide bonds. The Morgan fingerprint density at radius 2 is 1.95 bits per heavy atom. The van der Waals surface area contributed by atoms with Crippen LogP contribution in [0.4, 0.5) is 15.0 Å². The predicted octanol–water partition coefficient (Wildman–Crippen LogP) is 5.48. The van der Waals surface area contributed by atoms with E-state index in [-0.39, 0.29) is 18.2 Å². The first-order valence-electron chi connectivity index (χ1n) is 11.6. The lowest BCUT2D eigenvalue weighted by Gasteiger charge is -2.15. The Kier molecular flexibility index (Phi) is 6.97. The zero-order valence-corrected chi connectivity index (χ0v) is 21.8. The number of ether oxygens (including phenoxy) is 3. The third-order valence-electron chi connectivity index (χ3n) is 5.46. The van der Waals surface area contributed by atoms with E-state index in [1.807, 2.05) is 19.1 Å². The van der Waals surface area contributed by atoms with E-state index in [0.29, 0.717) is 27.4 Å². The van der Waals surface area contributed by atoms with Crippen LogP contribution >= 0.6 is 11.3 Å². The van der Waals surface area contributed by atoms with Gasteiger partial charge in [-0.05, 0) is 50.6 Å². The number of methoxy groups -OCH3 is 1. The van der Waals surface area contributed by atoms with Crippen molar-refractivity contribution in [2.45, 2.75) is 26.9 Å². The molecule has 2 aromatic carbocycles. The molecule has 1 atom stereocenters. The summed E-state index contributed by atoms with van der Waals surface area (Å²) in [5, 5.41) is 10.9. The van der Waals surface area contributed by atoms with Crippen LogP contribution in [0.5, 0.6) is 11.6 Å². The van der Waals surface area contributed by atoms with Crippen molar-refractivity contribution < 1.29 is 23.4 Å². The highest BCUT2D eigenvalue weighted by Crippen LogP contribution is 2.37. The van der Waals surface area contributed by atoms with Crippen LogP contribution in [0.15, 0.2) is 42.6 Å². The molecule has 0 saturated carbocycles. The molecule has 194 valence electrons. The number of fused-ring (bicyclic) bond motifs is 2. The SMILES string of the molecule is COc1cnc2c(-c3nc4cc(F)c(OC(C)COC(=O)Nc5ccc(C)nn5)cc4s3)cc(C)cc2n1. The molecule has 1 N–H and O–H groups in total. The molecule has 3 heterocycles. The zero-order valence-electron chi connectivity index (χ0n) is 21.0. The number of amides is 1. The van der Waals surface area contributed by atoms with Gasteiger partial charge in [0.1, 0.15) is 17.7 Å². The van der Waals surface area contributed by atoms with Crippen LogP contribution in [0.25, 0.3) is 31.8 Å². The fourth-order valence-corrected chi connectivity index (χ4v) is 4.69. The molecule has 0 fully saturated rings. The van der Waals surface area contributed by atoms with Gasteiger partial charge in [-0.2, -0.15) is 5.10 Å². The summed E-state index contributed by atoms with van der Waals surface area (Å²) in [6.07, 6.45) is 0.223. The molecule has 5 rings (SSSR count). The third-order valence-corrected chi connectivity index (χ3v) is 6.51. The molecule has 10 nitrogen and oxygen atoms in total. The molecular formula is C26H23FN6O4S. The van der Waals surface area contributed by atoms with E-state index >= 15 is 0 Å². The number of carbonyl (C=O) groups is 1. The Balaban J connectivity index is 1.32. The second-order valence-corrected chi connectivity index (χ2v) is 9.60. The third kappa shape index (κ3) is 5.44. The molecule has 0 bridgehead atoms. The number of carbonyl (C=O) groups excluding carboxylic acids is 1. The number of thiazole rings is 1. The molecule has 0 aliphatic heterocycles. The minimum absolute atomic E-state index is 0.0345. The van der Waals surface area contributed by atoms with Crippen molar-refractivity contribution in [2.24, 2.45) is 0 Å². The number of benzene rings is 2. The number of hydrogen-bond donors (Lipinski definition) is 1. The molecule has 0 aliphatic carbocycles. The summed E-state index contributed by atoms with van der Waals surface area (Å²) in [6.45, 7) is 5.32. The normalized spacial score (nSPS) is 11.9. The van der Waals surface area contributed by atoms with Gasteiger partial charge in [0.2, 0.25) is 5.88 Å². The molecular weight excluding hydrogens is 511 g/mol. The molecule has 0 aliphatic rings. The standard InChI is InChI=1S/C26H23FN6O4S/c1-13-7-16(24-19(8-13)29-23(35-4)11-28-24)25-30-18-9-17(27)20(10-21(18)38-25)37-15(3)12-36-26(34)31-22-6-5-14(2)32-33-22/h5-11,15H,12H2,1-4H3,(H,31,33,34). The Bertz CT molecular complexity index is 1640. The van der Waals surface area contributed by atoms with Crippen LogP contribution in [0, 0.1) is 19.7 Å². The Morgan fingerprint density at radius 1 is 1.11 bits per heavy atom. The number of halogens is 1. The van der Waals surface area contributed by atoms with Crippen molar-refractivity contribution in [1.82, 2.24) is 25.1 Å². The Morgan fingerprint density at radius 3 is 2.71 bits per heavy atom. The molecule has 0 spiro atoms. The quantitative estimate of drug-likeness (QED) is 0.289. The number of nitrogens with one attached hydrogen (secondary N) is 1. The van der Waals surface area contributed by atoms with Gasteiger partial charge in [0.25, 0.3) is 0 Å². The number of anilines is 1. The first-order valence-corrected chi connectivity index (χ1v) is 12.4. The van der Waals surface area contributed by atoms with Crippen LogP contribution in [-0.2, 0) is 4.74 Å². The van der Waals surface area contributed by atoms with Gasteiger partial charge in [-0.25, -0.2) is 24.1 Å². The van der Waals surface area contributed by atoms with Crippen LogP contribution in [-0.4, -0.2) is 51.1 Å². The molecule has 1 unspecified atom stereocenters. The van der Waals surface area contributed by atoms with Gasteiger partial charge in [-0.15, -0.1) is 16.4 Å². The van der Waals surface area contributed by atoms with Gasteiger partial charge < -0.3 is 14.2 Å². The lowest BCUT2D eigenvalue weighted by molar-refractivity contribution is 0.0969. The van der Waals surface area contributed by atoms with Crippen molar-refractivity contribution in [3.63, 3.8) is 0 Å².